The van der Waals surface area contributed by atoms with Crippen LogP contribution in [0.4, 0.5) is 5.69 Å². The van der Waals surface area contributed by atoms with E-state index < -0.39 is 0 Å². The number of carbonyl (C=O) groups is 2. The number of hydrogen-bond acceptors (Lipinski definition) is 4. The molecular formula is C18H22Cl2N4O2. The molecule has 3 rings (SSSR count). The Morgan fingerprint density at radius 1 is 1.04 bits per heavy atom. The first-order chi connectivity index (χ1) is 11.7. The number of hydrogen-bond donors (Lipinski definition) is 2. The lowest BCUT2D eigenvalue weighted by Crippen LogP contribution is -2.34. The van der Waals surface area contributed by atoms with Crippen molar-refractivity contribution in [3.8, 4) is 0 Å². The topological polar surface area (TPSA) is 74.3 Å². The number of rotatable bonds is 3. The highest BCUT2D eigenvalue weighted by molar-refractivity contribution is 6.04. The largest absolute Gasteiger partial charge is 0.337 e. The van der Waals surface area contributed by atoms with Crippen LogP contribution in [0.15, 0.2) is 48.8 Å². The van der Waals surface area contributed by atoms with Gasteiger partial charge in [-0.25, -0.2) is 0 Å². The average molecular weight is 397 g/mol. The number of carbonyl (C=O) groups excluding carboxylic acids is 2. The van der Waals surface area contributed by atoms with E-state index in [1.165, 1.54) is 6.20 Å². The molecule has 0 radical (unpaired) electrons. The maximum atomic E-state index is 12.6. The molecule has 1 aromatic carbocycles. The van der Waals surface area contributed by atoms with E-state index in [2.05, 4.69) is 15.6 Å². The second-order valence-corrected chi connectivity index (χ2v) is 5.67. The molecule has 6 nitrogen and oxygen atoms in total. The van der Waals surface area contributed by atoms with Crippen LogP contribution in [0.25, 0.3) is 0 Å². The number of benzene rings is 1. The quantitative estimate of drug-likeness (QED) is 0.835. The highest BCUT2D eigenvalue weighted by Gasteiger charge is 2.17. The van der Waals surface area contributed by atoms with Crippen molar-refractivity contribution in [1.29, 1.82) is 0 Å². The van der Waals surface area contributed by atoms with E-state index in [-0.39, 0.29) is 36.6 Å². The summed E-state index contributed by atoms with van der Waals surface area (Å²) >= 11 is 0. The van der Waals surface area contributed by atoms with Gasteiger partial charge in [-0.2, -0.15) is 0 Å². The van der Waals surface area contributed by atoms with Crippen LogP contribution in [0.1, 0.15) is 27.1 Å². The van der Waals surface area contributed by atoms with E-state index in [1.807, 2.05) is 4.90 Å². The third kappa shape index (κ3) is 5.69. The van der Waals surface area contributed by atoms with Crippen LogP contribution in [-0.4, -0.2) is 47.9 Å². The molecular weight excluding hydrogens is 375 g/mol. The van der Waals surface area contributed by atoms with Crippen molar-refractivity contribution < 1.29 is 9.59 Å². The molecule has 1 aliphatic heterocycles. The van der Waals surface area contributed by atoms with Gasteiger partial charge >= 0.3 is 0 Å². The smallest absolute Gasteiger partial charge is 0.257 e. The minimum atomic E-state index is -0.244. The summed E-state index contributed by atoms with van der Waals surface area (Å²) in [6.07, 6.45) is 4.07. The lowest BCUT2D eigenvalue weighted by molar-refractivity contribution is 0.0766. The van der Waals surface area contributed by atoms with Crippen molar-refractivity contribution in [3.63, 3.8) is 0 Å². The summed E-state index contributed by atoms with van der Waals surface area (Å²) in [6.45, 7) is 3.19. The Morgan fingerprint density at radius 3 is 2.62 bits per heavy atom. The van der Waals surface area contributed by atoms with Crippen LogP contribution in [0.3, 0.4) is 0 Å². The number of aromatic nitrogens is 1. The first-order valence-electron chi connectivity index (χ1n) is 8.05. The van der Waals surface area contributed by atoms with E-state index >= 15 is 0 Å². The van der Waals surface area contributed by atoms with Crippen LogP contribution in [0.5, 0.6) is 0 Å². The van der Waals surface area contributed by atoms with E-state index in [4.69, 9.17) is 0 Å². The molecule has 2 aromatic rings. The summed E-state index contributed by atoms with van der Waals surface area (Å²) in [6, 6.07) is 10.5. The molecule has 1 fully saturated rings. The number of pyridine rings is 1. The van der Waals surface area contributed by atoms with Gasteiger partial charge < -0.3 is 15.5 Å². The monoisotopic (exact) mass is 396 g/mol. The Morgan fingerprint density at radius 2 is 1.85 bits per heavy atom. The molecule has 0 bridgehead atoms. The average Bonchev–Trinajstić information content (AvgIpc) is 2.91. The summed E-state index contributed by atoms with van der Waals surface area (Å²) < 4.78 is 0. The predicted molar refractivity (Wildman–Crippen MR) is 107 cm³/mol. The molecule has 26 heavy (non-hydrogen) atoms. The highest BCUT2D eigenvalue weighted by Crippen LogP contribution is 2.14. The van der Waals surface area contributed by atoms with Crippen LogP contribution in [-0.2, 0) is 0 Å². The van der Waals surface area contributed by atoms with Gasteiger partial charge in [0.05, 0.1) is 5.56 Å². The highest BCUT2D eigenvalue weighted by atomic mass is 35.5. The summed E-state index contributed by atoms with van der Waals surface area (Å²) in [5.74, 6) is -0.247. The molecule has 0 saturated carbocycles. The fourth-order valence-corrected chi connectivity index (χ4v) is 2.66. The van der Waals surface area contributed by atoms with Gasteiger partial charge in [0.1, 0.15) is 0 Å². The molecule has 0 aliphatic carbocycles. The zero-order chi connectivity index (χ0) is 16.8. The maximum Gasteiger partial charge on any atom is 0.257 e. The van der Waals surface area contributed by atoms with E-state index in [0.717, 1.165) is 26.1 Å². The van der Waals surface area contributed by atoms with Gasteiger partial charge in [-0.3, -0.25) is 14.6 Å². The summed E-state index contributed by atoms with van der Waals surface area (Å²) in [7, 11) is 0. The number of nitrogens with zero attached hydrogens (tertiary/aromatic N) is 2. The Hall–Kier alpha value is -2.15. The first kappa shape index (κ1) is 21.9. The first-order valence-corrected chi connectivity index (χ1v) is 8.05. The van der Waals surface area contributed by atoms with Crippen LogP contribution in [0, 0.1) is 0 Å². The molecule has 1 saturated heterocycles. The predicted octanol–water partition coefficient (Wildman–Crippen LogP) is 2.61. The van der Waals surface area contributed by atoms with Crippen molar-refractivity contribution >= 4 is 42.3 Å². The third-order valence-corrected chi connectivity index (χ3v) is 3.92. The molecule has 0 spiro atoms. The van der Waals surface area contributed by atoms with Crippen LogP contribution < -0.4 is 10.6 Å². The molecule has 8 heteroatoms. The number of halogens is 2. The summed E-state index contributed by atoms with van der Waals surface area (Å²) in [4.78, 5) is 30.6. The molecule has 1 aliphatic rings. The van der Waals surface area contributed by atoms with Crippen molar-refractivity contribution in [2.75, 3.05) is 31.5 Å². The zero-order valence-corrected chi connectivity index (χ0v) is 15.8. The van der Waals surface area contributed by atoms with E-state index in [0.29, 0.717) is 23.4 Å². The van der Waals surface area contributed by atoms with E-state index in [9.17, 15) is 9.59 Å². The minimum Gasteiger partial charge on any atom is -0.337 e. The maximum absolute atomic E-state index is 12.6. The Bertz CT molecular complexity index is 720. The lowest BCUT2D eigenvalue weighted by atomic mass is 10.1. The standard InChI is InChI=1S/C18H20N4O2.2ClH/c23-17(15-5-2-7-20-13-15)21-16-6-1-4-14(12-16)18(24)22-10-3-8-19-9-11-22;;/h1-2,4-7,12-13,19H,3,8-11H2,(H,21,23);2*1H. The van der Waals surface area contributed by atoms with Gasteiger partial charge in [-0.1, -0.05) is 6.07 Å². The third-order valence-electron chi connectivity index (χ3n) is 3.92. The lowest BCUT2D eigenvalue weighted by Gasteiger charge is -2.20. The van der Waals surface area contributed by atoms with Crippen molar-refractivity contribution in [2.24, 2.45) is 0 Å². The summed E-state index contributed by atoms with van der Waals surface area (Å²) in [5.41, 5.74) is 1.66. The number of anilines is 1. The van der Waals surface area contributed by atoms with Crippen molar-refractivity contribution in [3.05, 3.63) is 59.9 Å². The van der Waals surface area contributed by atoms with Crippen molar-refractivity contribution in [1.82, 2.24) is 15.2 Å². The Labute approximate surface area is 165 Å². The Balaban J connectivity index is 0.00000169. The van der Waals surface area contributed by atoms with Gasteiger partial charge in [0, 0.05) is 43.3 Å². The molecule has 140 valence electrons. The fourth-order valence-electron chi connectivity index (χ4n) is 2.66. The second-order valence-electron chi connectivity index (χ2n) is 5.67. The molecule has 0 unspecified atom stereocenters. The van der Waals surface area contributed by atoms with Crippen LogP contribution >= 0.6 is 24.8 Å². The van der Waals surface area contributed by atoms with Gasteiger partial charge in [0.25, 0.3) is 11.8 Å². The fraction of sp³-hybridized carbons (Fsp3) is 0.278. The zero-order valence-electron chi connectivity index (χ0n) is 14.2. The molecule has 2 amide bonds. The molecule has 2 heterocycles. The number of amides is 2. The van der Waals surface area contributed by atoms with E-state index in [1.54, 1.807) is 42.6 Å². The van der Waals surface area contributed by atoms with Gasteiger partial charge in [0.2, 0.25) is 0 Å². The molecule has 0 atom stereocenters. The van der Waals surface area contributed by atoms with Gasteiger partial charge in [-0.15, -0.1) is 24.8 Å². The SMILES string of the molecule is Cl.Cl.O=C(Nc1cccc(C(=O)N2CCCNCC2)c1)c1cccnc1. The van der Waals surface area contributed by atoms with Crippen LogP contribution in [0.2, 0.25) is 0 Å². The molecule has 2 N–H and O–H groups in total. The number of nitrogens with one attached hydrogen (secondary N) is 2. The second kappa shape index (κ2) is 10.8. The Kier molecular flexibility index (Phi) is 9.05. The van der Waals surface area contributed by atoms with Crippen molar-refractivity contribution in [2.45, 2.75) is 6.42 Å². The van der Waals surface area contributed by atoms with Gasteiger partial charge in [-0.05, 0) is 43.3 Å². The van der Waals surface area contributed by atoms with Gasteiger partial charge in [0.15, 0.2) is 0 Å². The normalized spacial score (nSPS) is 13.6. The summed E-state index contributed by atoms with van der Waals surface area (Å²) in [5, 5.41) is 6.09. The minimum absolute atomic E-state index is 0. The molecule has 1 aromatic heterocycles.